The van der Waals surface area contributed by atoms with Gasteiger partial charge in [0.25, 0.3) is 0 Å². The lowest BCUT2D eigenvalue weighted by Crippen LogP contribution is -2.30. The molecular weight excluding hydrogens is 1320 g/mol. The molecular formula is C82H160O17P2. The predicted octanol–water partition coefficient (Wildman–Crippen LogP) is 24.7. The molecule has 0 heterocycles. The van der Waals surface area contributed by atoms with Crippen LogP contribution < -0.4 is 0 Å². The average Bonchev–Trinajstić information content (AvgIpc) is 0.942. The number of hydrogen-bond donors (Lipinski definition) is 3. The minimum atomic E-state index is -4.96. The zero-order chi connectivity index (χ0) is 74.2. The summed E-state index contributed by atoms with van der Waals surface area (Å²) in [4.78, 5) is 73.0. The van der Waals surface area contributed by atoms with Crippen LogP contribution in [0.25, 0.3) is 0 Å². The van der Waals surface area contributed by atoms with E-state index in [4.69, 9.17) is 37.0 Å². The fourth-order valence-corrected chi connectivity index (χ4v) is 14.3. The number of rotatable bonds is 81. The molecule has 0 aromatic heterocycles. The Kier molecular flexibility index (Phi) is 72.2. The number of aliphatic hydroxyl groups excluding tert-OH is 1. The molecule has 0 aliphatic rings. The van der Waals surface area contributed by atoms with Crippen LogP contribution in [0, 0.1) is 11.8 Å². The lowest BCUT2D eigenvalue weighted by atomic mass is 10.0. The maximum Gasteiger partial charge on any atom is 0.472 e. The molecule has 0 aromatic rings. The summed E-state index contributed by atoms with van der Waals surface area (Å²) in [6.45, 7) is 9.64. The van der Waals surface area contributed by atoms with Gasteiger partial charge in [-0.15, -0.1) is 0 Å². The molecule has 0 radical (unpaired) electrons. The largest absolute Gasteiger partial charge is 0.472 e. The van der Waals surface area contributed by atoms with Gasteiger partial charge in [0.2, 0.25) is 0 Å². The number of carbonyl (C=O) groups is 4. The quantitative estimate of drug-likeness (QED) is 0.0222. The van der Waals surface area contributed by atoms with E-state index in [0.29, 0.717) is 25.7 Å². The standard InChI is InChI=1S/C82H160O17P2/c1-7-9-11-13-15-17-18-19-20-21-22-23-24-25-26-27-28-36-42-48-54-60-66-81(86)99-78(71-93-80(85)65-59-53-47-41-35-31-29-33-39-44-50-56-62-74(3)4)73-97-101(90,91)95-69-76(83)68-94-100(88,89)96-72-77(70-92-79(84)64-58-52-46-38-16-14-12-10-8-2)98-82(87)67-61-55-49-43-37-32-30-34-40-45-51-57-63-75(5)6/h74-78,83H,7-73H2,1-6H3,(H,88,89)(H,90,91)/t76-,77+,78+/m0/s1. The van der Waals surface area contributed by atoms with E-state index in [1.54, 1.807) is 0 Å². The Bertz CT molecular complexity index is 1940. The van der Waals surface area contributed by atoms with E-state index >= 15 is 0 Å². The highest BCUT2D eigenvalue weighted by Crippen LogP contribution is 2.45. The molecule has 0 aromatic carbocycles. The third-order valence-electron chi connectivity index (χ3n) is 19.2. The minimum Gasteiger partial charge on any atom is -0.462 e. The van der Waals surface area contributed by atoms with Gasteiger partial charge >= 0.3 is 39.5 Å². The number of hydrogen-bond acceptors (Lipinski definition) is 15. The molecule has 3 N–H and O–H groups in total. The Morgan fingerprint density at radius 1 is 0.267 bits per heavy atom. The zero-order valence-electron chi connectivity index (χ0n) is 66.2. The second kappa shape index (κ2) is 73.6. The van der Waals surface area contributed by atoms with Gasteiger partial charge in [0.05, 0.1) is 26.4 Å². The Morgan fingerprint density at radius 3 is 0.673 bits per heavy atom. The first-order chi connectivity index (χ1) is 48.9. The number of ether oxygens (including phenoxy) is 4. The van der Waals surface area contributed by atoms with E-state index in [0.717, 1.165) is 102 Å². The summed E-state index contributed by atoms with van der Waals surface area (Å²) in [7, 11) is -9.92. The third-order valence-corrected chi connectivity index (χ3v) is 21.1. The highest BCUT2D eigenvalue weighted by Gasteiger charge is 2.30. The van der Waals surface area contributed by atoms with Gasteiger partial charge in [-0.05, 0) is 37.5 Å². The van der Waals surface area contributed by atoms with Gasteiger partial charge in [0.1, 0.15) is 19.3 Å². The van der Waals surface area contributed by atoms with Crippen molar-refractivity contribution in [2.45, 2.75) is 452 Å². The Hall–Kier alpha value is -1.94. The number of esters is 4. The Balaban J connectivity index is 5.19. The minimum absolute atomic E-state index is 0.107. The van der Waals surface area contributed by atoms with Gasteiger partial charge < -0.3 is 33.8 Å². The highest BCUT2D eigenvalue weighted by molar-refractivity contribution is 7.47. The molecule has 0 saturated carbocycles. The smallest absolute Gasteiger partial charge is 0.462 e. The van der Waals surface area contributed by atoms with E-state index in [2.05, 4.69) is 41.5 Å². The molecule has 0 aliphatic heterocycles. The maximum atomic E-state index is 13.1. The van der Waals surface area contributed by atoms with Crippen molar-refractivity contribution in [1.29, 1.82) is 0 Å². The van der Waals surface area contributed by atoms with Gasteiger partial charge in [-0.3, -0.25) is 37.3 Å². The van der Waals surface area contributed by atoms with Crippen LogP contribution in [0.4, 0.5) is 0 Å². The highest BCUT2D eigenvalue weighted by atomic mass is 31.2. The third kappa shape index (κ3) is 76.1. The van der Waals surface area contributed by atoms with Crippen molar-refractivity contribution >= 4 is 39.5 Å². The van der Waals surface area contributed by atoms with Crippen molar-refractivity contribution in [3.8, 4) is 0 Å². The second-order valence-electron chi connectivity index (χ2n) is 30.5. The summed E-state index contributed by atoms with van der Waals surface area (Å²) in [5.41, 5.74) is 0. The zero-order valence-corrected chi connectivity index (χ0v) is 68.0. The van der Waals surface area contributed by atoms with Gasteiger partial charge in [0.15, 0.2) is 12.2 Å². The second-order valence-corrected chi connectivity index (χ2v) is 33.4. The Morgan fingerprint density at radius 2 is 0.455 bits per heavy atom. The molecule has 0 fully saturated rings. The molecule has 17 nitrogen and oxygen atoms in total. The summed E-state index contributed by atoms with van der Waals surface area (Å²) in [5, 5.41) is 10.6. The number of unbranched alkanes of at least 4 members (excludes halogenated alkanes) is 51. The Labute approximate surface area is 619 Å². The van der Waals surface area contributed by atoms with Crippen molar-refractivity contribution < 1.29 is 80.2 Å². The molecule has 0 spiro atoms. The van der Waals surface area contributed by atoms with Crippen LogP contribution in [-0.4, -0.2) is 96.7 Å². The fraction of sp³-hybridized carbons (Fsp3) is 0.951. The van der Waals surface area contributed by atoms with Crippen molar-refractivity contribution in [2.75, 3.05) is 39.6 Å². The van der Waals surface area contributed by atoms with E-state index in [1.165, 1.54) is 250 Å². The molecule has 0 saturated heterocycles. The first-order valence-corrected chi connectivity index (χ1v) is 45.5. The van der Waals surface area contributed by atoms with E-state index in [-0.39, 0.29) is 25.7 Å². The summed E-state index contributed by atoms with van der Waals surface area (Å²) in [6.07, 6.45) is 63.9. The molecule has 600 valence electrons. The lowest BCUT2D eigenvalue weighted by Gasteiger charge is -2.21. The van der Waals surface area contributed by atoms with Crippen LogP contribution in [-0.2, 0) is 65.4 Å². The van der Waals surface area contributed by atoms with Gasteiger partial charge in [-0.25, -0.2) is 9.13 Å². The van der Waals surface area contributed by atoms with Crippen LogP contribution in [0.15, 0.2) is 0 Å². The van der Waals surface area contributed by atoms with Crippen LogP contribution in [0.2, 0.25) is 0 Å². The molecule has 5 atom stereocenters. The fourth-order valence-electron chi connectivity index (χ4n) is 12.7. The summed E-state index contributed by atoms with van der Waals surface area (Å²) < 4.78 is 68.7. The summed E-state index contributed by atoms with van der Waals surface area (Å²) in [6, 6.07) is 0. The summed E-state index contributed by atoms with van der Waals surface area (Å²) >= 11 is 0. The molecule has 2 unspecified atom stereocenters. The van der Waals surface area contributed by atoms with Crippen molar-refractivity contribution in [1.82, 2.24) is 0 Å². The predicted molar refractivity (Wildman–Crippen MR) is 414 cm³/mol. The molecule has 101 heavy (non-hydrogen) atoms. The van der Waals surface area contributed by atoms with E-state index < -0.39 is 97.5 Å². The SMILES string of the molecule is CCCCCCCCCCCCCCCCCCCCCCCCC(=O)O[C@H](COC(=O)CCCCCCCCCCCCCCC(C)C)COP(=O)(O)OC[C@@H](O)COP(=O)(O)OC[C@@H](COC(=O)CCCCCCCCCCC)OC(=O)CCCCCCCCCCCCCCC(C)C. The van der Waals surface area contributed by atoms with Crippen LogP contribution in [0.1, 0.15) is 433 Å². The van der Waals surface area contributed by atoms with E-state index in [1.807, 2.05) is 0 Å². The molecule has 0 amide bonds. The summed E-state index contributed by atoms with van der Waals surface area (Å²) in [5.74, 6) is -0.551. The van der Waals surface area contributed by atoms with Crippen LogP contribution in [0.3, 0.4) is 0 Å². The molecule has 0 aliphatic carbocycles. The van der Waals surface area contributed by atoms with Crippen molar-refractivity contribution in [3.63, 3.8) is 0 Å². The van der Waals surface area contributed by atoms with Crippen molar-refractivity contribution in [3.05, 3.63) is 0 Å². The molecule has 19 heteroatoms. The first kappa shape index (κ1) is 99.1. The van der Waals surface area contributed by atoms with Crippen molar-refractivity contribution in [2.24, 2.45) is 11.8 Å². The molecule has 0 bridgehead atoms. The topological polar surface area (TPSA) is 237 Å². The maximum absolute atomic E-state index is 13.1. The van der Waals surface area contributed by atoms with E-state index in [9.17, 15) is 43.2 Å². The lowest BCUT2D eigenvalue weighted by molar-refractivity contribution is -0.161. The number of phosphoric acid groups is 2. The number of aliphatic hydroxyl groups is 1. The molecule has 0 rings (SSSR count). The van der Waals surface area contributed by atoms with Gasteiger partial charge in [0, 0.05) is 25.7 Å². The first-order valence-electron chi connectivity index (χ1n) is 42.5. The normalized spacial score (nSPS) is 13.9. The average molecular weight is 1480 g/mol. The van der Waals surface area contributed by atoms with Gasteiger partial charge in [-0.1, -0.05) is 382 Å². The number of phosphoric ester groups is 2. The van der Waals surface area contributed by atoms with Gasteiger partial charge in [-0.2, -0.15) is 0 Å². The van der Waals surface area contributed by atoms with Crippen LogP contribution in [0.5, 0.6) is 0 Å². The number of carbonyl (C=O) groups excluding carboxylic acids is 4. The monoisotopic (exact) mass is 1480 g/mol. The van der Waals surface area contributed by atoms with Crippen LogP contribution >= 0.6 is 15.6 Å².